The molecule has 0 aliphatic carbocycles. The highest BCUT2D eigenvalue weighted by Gasteiger charge is 2.21. The van der Waals surface area contributed by atoms with Crippen LogP contribution in [0.1, 0.15) is 31.4 Å². The molecule has 5 heteroatoms. The average Bonchev–Trinajstić information content (AvgIpc) is 2.49. The fourth-order valence-electron chi connectivity index (χ4n) is 2.79. The quantitative estimate of drug-likeness (QED) is 0.875. The Morgan fingerprint density at radius 1 is 1.38 bits per heavy atom. The molecular formula is C16H25FN2O2. The molecular weight excluding hydrogens is 271 g/mol. The predicted octanol–water partition coefficient (Wildman–Crippen LogP) is 2.33. The summed E-state index contributed by atoms with van der Waals surface area (Å²) >= 11 is 0. The maximum absolute atomic E-state index is 13.7. The monoisotopic (exact) mass is 296 g/mol. The van der Waals surface area contributed by atoms with E-state index in [4.69, 9.17) is 15.2 Å². The van der Waals surface area contributed by atoms with E-state index < -0.39 is 0 Å². The first-order valence-corrected chi connectivity index (χ1v) is 7.57. The zero-order chi connectivity index (χ0) is 15.2. The lowest BCUT2D eigenvalue weighted by molar-refractivity contribution is 0.0131. The van der Waals surface area contributed by atoms with Gasteiger partial charge in [-0.2, -0.15) is 0 Å². The van der Waals surface area contributed by atoms with Gasteiger partial charge in [-0.15, -0.1) is 0 Å². The molecule has 1 atom stereocenters. The Kier molecular flexibility index (Phi) is 5.96. The van der Waals surface area contributed by atoms with Crippen molar-refractivity contribution in [1.82, 2.24) is 4.90 Å². The maximum atomic E-state index is 13.7. The van der Waals surface area contributed by atoms with Crippen LogP contribution in [0.3, 0.4) is 0 Å². The van der Waals surface area contributed by atoms with Crippen molar-refractivity contribution in [2.75, 3.05) is 33.4 Å². The van der Waals surface area contributed by atoms with Crippen molar-refractivity contribution in [2.24, 2.45) is 5.73 Å². The summed E-state index contributed by atoms with van der Waals surface area (Å²) in [7, 11) is 1.46. The Hall–Kier alpha value is -1.17. The number of ether oxygens (including phenoxy) is 2. The van der Waals surface area contributed by atoms with Gasteiger partial charge >= 0.3 is 0 Å². The van der Waals surface area contributed by atoms with E-state index in [2.05, 4.69) is 4.90 Å². The predicted molar refractivity (Wildman–Crippen MR) is 81.0 cm³/mol. The number of rotatable bonds is 6. The molecule has 1 heterocycles. The lowest BCUT2D eigenvalue weighted by Gasteiger charge is -2.33. The number of halogens is 1. The zero-order valence-corrected chi connectivity index (χ0v) is 12.8. The Labute approximate surface area is 126 Å². The van der Waals surface area contributed by atoms with Gasteiger partial charge in [0.05, 0.1) is 13.2 Å². The third-order valence-electron chi connectivity index (χ3n) is 4.00. The fraction of sp³-hybridized carbons (Fsp3) is 0.625. The van der Waals surface area contributed by atoms with E-state index in [1.54, 1.807) is 6.07 Å². The van der Waals surface area contributed by atoms with Crippen LogP contribution >= 0.6 is 0 Å². The second-order valence-corrected chi connectivity index (χ2v) is 5.46. The summed E-state index contributed by atoms with van der Waals surface area (Å²) in [5, 5.41) is 0. The fourth-order valence-corrected chi connectivity index (χ4v) is 2.79. The van der Waals surface area contributed by atoms with Crippen LogP contribution < -0.4 is 10.5 Å². The SMILES string of the molecule is CCOC1CCN(CC(N)c2ccc(OC)c(F)c2)CC1. The first-order valence-electron chi connectivity index (χ1n) is 7.57. The molecule has 21 heavy (non-hydrogen) atoms. The van der Waals surface area contributed by atoms with E-state index in [0.29, 0.717) is 6.10 Å². The van der Waals surface area contributed by atoms with Gasteiger partial charge in [-0.1, -0.05) is 6.07 Å². The van der Waals surface area contributed by atoms with Gasteiger partial charge < -0.3 is 20.1 Å². The lowest BCUT2D eigenvalue weighted by Crippen LogP contribution is -2.40. The van der Waals surface area contributed by atoms with Crippen molar-refractivity contribution >= 4 is 0 Å². The van der Waals surface area contributed by atoms with E-state index in [9.17, 15) is 4.39 Å². The molecule has 118 valence electrons. The van der Waals surface area contributed by atoms with Crippen LogP contribution in [-0.4, -0.2) is 44.4 Å². The molecule has 1 unspecified atom stereocenters. The zero-order valence-electron chi connectivity index (χ0n) is 12.8. The number of hydrogen-bond acceptors (Lipinski definition) is 4. The topological polar surface area (TPSA) is 47.7 Å². The van der Waals surface area contributed by atoms with Crippen LogP contribution in [0.5, 0.6) is 5.75 Å². The van der Waals surface area contributed by atoms with Crippen molar-refractivity contribution in [1.29, 1.82) is 0 Å². The van der Waals surface area contributed by atoms with E-state index in [-0.39, 0.29) is 17.6 Å². The highest BCUT2D eigenvalue weighted by Crippen LogP contribution is 2.22. The minimum atomic E-state index is -0.361. The first kappa shape index (κ1) is 16.2. The largest absolute Gasteiger partial charge is 0.494 e. The molecule has 0 spiro atoms. The van der Waals surface area contributed by atoms with Crippen LogP contribution in [-0.2, 0) is 4.74 Å². The summed E-state index contributed by atoms with van der Waals surface area (Å²) in [6, 6.07) is 4.75. The van der Waals surface area contributed by atoms with Crippen molar-refractivity contribution in [3.05, 3.63) is 29.6 Å². The molecule has 1 aromatic carbocycles. The van der Waals surface area contributed by atoms with Crippen LogP contribution in [0.4, 0.5) is 4.39 Å². The van der Waals surface area contributed by atoms with E-state index >= 15 is 0 Å². The summed E-state index contributed by atoms with van der Waals surface area (Å²) in [5.74, 6) is -0.107. The Morgan fingerprint density at radius 2 is 2.10 bits per heavy atom. The smallest absolute Gasteiger partial charge is 0.165 e. The normalized spacial score (nSPS) is 18.7. The molecule has 2 rings (SSSR count). The third kappa shape index (κ3) is 4.40. The van der Waals surface area contributed by atoms with Gasteiger partial charge in [-0.3, -0.25) is 0 Å². The number of nitrogens with two attached hydrogens (primary N) is 1. The Bertz CT molecular complexity index is 448. The van der Waals surface area contributed by atoms with E-state index in [1.165, 1.54) is 13.2 Å². The highest BCUT2D eigenvalue weighted by atomic mass is 19.1. The number of benzene rings is 1. The van der Waals surface area contributed by atoms with E-state index in [0.717, 1.165) is 44.6 Å². The molecule has 0 aromatic heterocycles. The Morgan fingerprint density at radius 3 is 2.67 bits per heavy atom. The molecule has 1 saturated heterocycles. The number of methoxy groups -OCH3 is 1. The first-order chi connectivity index (χ1) is 10.1. The van der Waals surface area contributed by atoms with Gasteiger partial charge in [-0.05, 0) is 37.5 Å². The van der Waals surface area contributed by atoms with Crippen molar-refractivity contribution in [3.63, 3.8) is 0 Å². The minimum Gasteiger partial charge on any atom is -0.494 e. The summed E-state index contributed by atoms with van der Waals surface area (Å²) in [6.07, 6.45) is 2.45. The molecule has 0 bridgehead atoms. The van der Waals surface area contributed by atoms with Crippen LogP contribution in [0, 0.1) is 5.82 Å². The second kappa shape index (κ2) is 7.73. The van der Waals surface area contributed by atoms with E-state index in [1.807, 2.05) is 13.0 Å². The molecule has 0 amide bonds. The van der Waals surface area contributed by atoms with Gasteiger partial charge in [0, 0.05) is 32.3 Å². The molecule has 2 N–H and O–H groups in total. The molecule has 1 aliphatic rings. The van der Waals surface area contributed by atoms with Crippen molar-refractivity contribution in [2.45, 2.75) is 31.9 Å². The van der Waals surface area contributed by atoms with Crippen molar-refractivity contribution in [3.8, 4) is 5.75 Å². The maximum Gasteiger partial charge on any atom is 0.165 e. The molecule has 1 fully saturated rings. The lowest BCUT2D eigenvalue weighted by atomic mass is 10.0. The average molecular weight is 296 g/mol. The van der Waals surface area contributed by atoms with Gasteiger partial charge in [0.15, 0.2) is 11.6 Å². The number of likely N-dealkylation sites (tertiary alicyclic amines) is 1. The number of hydrogen-bond donors (Lipinski definition) is 1. The molecule has 0 radical (unpaired) electrons. The minimum absolute atomic E-state index is 0.186. The molecule has 4 nitrogen and oxygen atoms in total. The van der Waals surface area contributed by atoms with Gasteiger partial charge in [0.2, 0.25) is 0 Å². The summed E-state index contributed by atoms with van der Waals surface area (Å²) < 4.78 is 24.3. The second-order valence-electron chi connectivity index (χ2n) is 5.46. The standard InChI is InChI=1S/C16H25FN2O2/c1-3-21-13-6-8-19(9-7-13)11-15(18)12-4-5-16(20-2)14(17)10-12/h4-5,10,13,15H,3,6-9,11,18H2,1-2H3. The number of piperidine rings is 1. The highest BCUT2D eigenvalue weighted by molar-refractivity contribution is 5.31. The third-order valence-corrected chi connectivity index (χ3v) is 4.00. The van der Waals surface area contributed by atoms with Gasteiger partial charge in [0.25, 0.3) is 0 Å². The Balaban J connectivity index is 1.87. The van der Waals surface area contributed by atoms with Gasteiger partial charge in [-0.25, -0.2) is 4.39 Å². The van der Waals surface area contributed by atoms with Crippen LogP contribution in [0.15, 0.2) is 18.2 Å². The molecule has 0 saturated carbocycles. The summed E-state index contributed by atoms with van der Waals surface area (Å²) in [6.45, 7) is 5.51. The van der Waals surface area contributed by atoms with Crippen LogP contribution in [0.2, 0.25) is 0 Å². The van der Waals surface area contributed by atoms with Crippen molar-refractivity contribution < 1.29 is 13.9 Å². The summed E-state index contributed by atoms with van der Waals surface area (Å²) in [5.41, 5.74) is 7.00. The molecule has 1 aromatic rings. The summed E-state index contributed by atoms with van der Waals surface area (Å²) in [4.78, 5) is 2.32. The van der Waals surface area contributed by atoms with Gasteiger partial charge in [0.1, 0.15) is 0 Å². The number of nitrogens with zero attached hydrogens (tertiary/aromatic N) is 1. The van der Waals surface area contributed by atoms with Crippen LogP contribution in [0.25, 0.3) is 0 Å². The molecule has 1 aliphatic heterocycles.